The Labute approximate surface area is 117 Å². The molecule has 0 bridgehead atoms. The van der Waals surface area contributed by atoms with Crippen LogP contribution in [0.25, 0.3) is 0 Å². The van der Waals surface area contributed by atoms with Crippen LogP contribution >= 0.6 is 0 Å². The van der Waals surface area contributed by atoms with E-state index >= 15 is 0 Å². The number of hydrogen-bond donors (Lipinski definition) is 2. The third-order valence-corrected chi connectivity index (χ3v) is 3.49. The second kappa shape index (κ2) is 9.15. The van der Waals surface area contributed by atoms with Crippen LogP contribution in [0.1, 0.15) is 26.7 Å². The third kappa shape index (κ3) is 6.78. The first kappa shape index (κ1) is 16.2. The van der Waals surface area contributed by atoms with Gasteiger partial charge in [-0.15, -0.1) is 0 Å². The van der Waals surface area contributed by atoms with E-state index in [0.29, 0.717) is 6.61 Å². The van der Waals surface area contributed by atoms with Gasteiger partial charge in [0.1, 0.15) is 0 Å². The van der Waals surface area contributed by atoms with E-state index in [9.17, 15) is 0 Å². The molecule has 0 aromatic rings. The van der Waals surface area contributed by atoms with E-state index in [-0.39, 0.29) is 6.04 Å². The van der Waals surface area contributed by atoms with Crippen LogP contribution in [0.3, 0.4) is 0 Å². The topological polar surface area (TPSA) is 48.9 Å². The number of ether oxygens (including phenoxy) is 1. The smallest absolute Gasteiger partial charge is 0.191 e. The van der Waals surface area contributed by atoms with Gasteiger partial charge in [-0.1, -0.05) is 0 Å². The maximum atomic E-state index is 5.14. The van der Waals surface area contributed by atoms with Crippen LogP contribution in [-0.4, -0.2) is 63.8 Å². The monoisotopic (exact) mass is 270 g/mol. The van der Waals surface area contributed by atoms with E-state index in [1.54, 1.807) is 7.11 Å². The van der Waals surface area contributed by atoms with Gasteiger partial charge in [-0.25, -0.2) is 0 Å². The summed E-state index contributed by atoms with van der Waals surface area (Å²) in [6, 6.07) is 0.278. The van der Waals surface area contributed by atoms with Crippen LogP contribution in [0.5, 0.6) is 0 Å². The molecule has 1 atom stereocenters. The SMILES string of the molecule is CCNC(=NCC1CCN(C)CC1)NC(C)COC. The van der Waals surface area contributed by atoms with E-state index < -0.39 is 0 Å². The number of methoxy groups -OCH3 is 1. The lowest BCUT2D eigenvalue weighted by molar-refractivity contribution is 0.179. The Bertz CT molecular complexity index is 262. The molecule has 1 rings (SSSR count). The van der Waals surface area contributed by atoms with Gasteiger partial charge in [0.25, 0.3) is 0 Å². The van der Waals surface area contributed by atoms with Gasteiger partial charge in [-0.05, 0) is 52.7 Å². The number of aliphatic imine (C=N–C) groups is 1. The molecule has 1 aliphatic rings. The summed E-state index contributed by atoms with van der Waals surface area (Å²) in [7, 11) is 3.91. The maximum Gasteiger partial charge on any atom is 0.191 e. The van der Waals surface area contributed by atoms with Crippen LogP contribution in [0.15, 0.2) is 4.99 Å². The highest BCUT2D eigenvalue weighted by molar-refractivity contribution is 5.80. The lowest BCUT2D eigenvalue weighted by Crippen LogP contribution is -2.44. The summed E-state index contributed by atoms with van der Waals surface area (Å²) in [5.74, 6) is 1.63. The Hall–Kier alpha value is -0.810. The number of hydrogen-bond acceptors (Lipinski definition) is 3. The van der Waals surface area contributed by atoms with Gasteiger partial charge >= 0.3 is 0 Å². The first-order chi connectivity index (χ1) is 9.15. The number of rotatable bonds is 6. The van der Waals surface area contributed by atoms with Crippen molar-refractivity contribution in [3.63, 3.8) is 0 Å². The molecule has 1 saturated heterocycles. The van der Waals surface area contributed by atoms with Crippen LogP contribution < -0.4 is 10.6 Å². The lowest BCUT2D eigenvalue weighted by Gasteiger charge is -2.28. The molecule has 0 aromatic carbocycles. The first-order valence-corrected chi connectivity index (χ1v) is 7.38. The fraction of sp³-hybridized carbons (Fsp3) is 0.929. The summed E-state index contributed by atoms with van der Waals surface area (Å²) in [4.78, 5) is 7.10. The van der Waals surface area contributed by atoms with Crippen molar-refractivity contribution in [2.24, 2.45) is 10.9 Å². The van der Waals surface area contributed by atoms with Crippen LogP contribution in [0.2, 0.25) is 0 Å². The second-order valence-electron chi connectivity index (χ2n) is 5.47. The standard InChI is InChI=1S/C14H30N4O/c1-5-15-14(17-12(2)11-19-4)16-10-13-6-8-18(3)9-7-13/h12-13H,5-11H2,1-4H3,(H2,15,16,17). The van der Waals surface area contributed by atoms with E-state index in [1.165, 1.54) is 25.9 Å². The summed E-state index contributed by atoms with van der Waals surface area (Å²) in [5, 5.41) is 6.66. The molecule has 5 nitrogen and oxygen atoms in total. The molecule has 1 unspecified atom stereocenters. The molecule has 1 aliphatic heterocycles. The minimum Gasteiger partial charge on any atom is -0.383 e. The summed E-state index contributed by atoms with van der Waals surface area (Å²) in [6.45, 7) is 9.09. The average molecular weight is 270 g/mol. The highest BCUT2D eigenvalue weighted by Gasteiger charge is 2.16. The van der Waals surface area contributed by atoms with Crippen molar-refractivity contribution in [1.82, 2.24) is 15.5 Å². The zero-order valence-electron chi connectivity index (χ0n) is 12.9. The molecular formula is C14H30N4O. The highest BCUT2D eigenvalue weighted by Crippen LogP contribution is 2.15. The molecule has 0 saturated carbocycles. The molecule has 0 aromatic heterocycles. The molecule has 0 spiro atoms. The molecule has 0 aliphatic carbocycles. The Morgan fingerprint density at radius 2 is 2.11 bits per heavy atom. The summed E-state index contributed by atoms with van der Waals surface area (Å²) in [5.41, 5.74) is 0. The molecule has 0 amide bonds. The number of likely N-dealkylation sites (tertiary alicyclic amines) is 1. The zero-order valence-corrected chi connectivity index (χ0v) is 12.9. The molecule has 1 fully saturated rings. The molecule has 112 valence electrons. The van der Waals surface area contributed by atoms with Gasteiger partial charge < -0.3 is 20.3 Å². The number of nitrogens with one attached hydrogen (secondary N) is 2. The molecule has 0 radical (unpaired) electrons. The minimum atomic E-state index is 0.278. The van der Waals surface area contributed by atoms with E-state index in [0.717, 1.165) is 25.0 Å². The van der Waals surface area contributed by atoms with Crippen LogP contribution in [0, 0.1) is 5.92 Å². The average Bonchev–Trinajstić information content (AvgIpc) is 2.38. The molecule has 2 N–H and O–H groups in total. The largest absolute Gasteiger partial charge is 0.383 e. The molecule has 5 heteroatoms. The summed E-state index contributed by atoms with van der Waals surface area (Å²) in [6.07, 6.45) is 2.51. The second-order valence-corrected chi connectivity index (χ2v) is 5.47. The maximum absolute atomic E-state index is 5.14. The van der Waals surface area contributed by atoms with E-state index in [4.69, 9.17) is 9.73 Å². The third-order valence-electron chi connectivity index (χ3n) is 3.49. The fourth-order valence-electron chi connectivity index (χ4n) is 2.31. The number of nitrogens with zero attached hydrogens (tertiary/aromatic N) is 2. The van der Waals surface area contributed by atoms with Gasteiger partial charge in [0.15, 0.2) is 5.96 Å². The quantitative estimate of drug-likeness (QED) is 0.556. The zero-order chi connectivity index (χ0) is 14.1. The van der Waals surface area contributed by atoms with E-state index in [1.807, 2.05) is 0 Å². The Balaban J connectivity index is 2.39. The van der Waals surface area contributed by atoms with Crippen LogP contribution in [-0.2, 0) is 4.74 Å². The highest BCUT2D eigenvalue weighted by atomic mass is 16.5. The lowest BCUT2D eigenvalue weighted by atomic mass is 9.97. The van der Waals surface area contributed by atoms with Gasteiger partial charge in [-0.2, -0.15) is 0 Å². The molecule has 19 heavy (non-hydrogen) atoms. The predicted octanol–water partition coefficient (Wildman–Crippen LogP) is 0.918. The van der Waals surface area contributed by atoms with Gasteiger partial charge in [0.2, 0.25) is 0 Å². The molecular weight excluding hydrogens is 240 g/mol. The summed E-state index contributed by atoms with van der Waals surface area (Å²) < 4.78 is 5.14. The van der Waals surface area contributed by atoms with Crippen molar-refractivity contribution in [1.29, 1.82) is 0 Å². The Morgan fingerprint density at radius 3 is 2.68 bits per heavy atom. The van der Waals surface area contributed by atoms with Crippen molar-refractivity contribution >= 4 is 5.96 Å². The van der Waals surface area contributed by atoms with Gasteiger partial charge in [-0.3, -0.25) is 4.99 Å². The fourth-order valence-corrected chi connectivity index (χ4v) is 2.31. The Morgan fingerprint density at radius 1 is 1.42 bits per heavy atom. The van der Waals surface area contributed by atoms with Crippen molar-refractivity contribution in [3.8, 4) is 0 Å². The van der Waals surface area contributed by atoms with Crippen LogP contribution in [0.4, 0.5) is 0 Å². The van der Waals surface area contributed by atoms with Crippen molar-refractivity contribution < 1.29 is 4.74 Å². The number of piperidine rings is 1. The normalized spacial score (nSPS) is 20.3. The van der Waals surface area contributed by atoms with Crippen molar-refractivity contribution in [2.75, 3.05) is 46.9 Å². The Kier molecular flexibility index (Phi) is 7.82. The number of guanidine groups is 1. The first-order valence-electron chi connectivity index (χ1n) is 7.38. The van der Waals surface area contributed by atoms with Gasteiger partial charge in [0.05, 0.1) is 6.61 Å². The van der Waals surface area contributed by atoms with Crippen molar-refractivity contribution in [3.05, 3.63) is 0 Å². The van der Waals surface area contributed by atoms with Crippen molar-refractivity contribution in [2.45, 2.75) is 32.7 Å². The molecule has 1 heterocycles. The summed E-state index contributed by atoms with van der Waals surface area (Å²) >= 11 is 0. The predicted molar refractivity (Wildman–Crippen MR) is 80.7 cm³/mol. The minimum absolute atomic E-state index is 0.278. The van der Waals surface area contributed by atoms with Gasteiger partial charge in [0, 0.05) is 26.2 Å². The van der Waals surface area contributed by atoms with E-state index in [2.05, 4.69) is 36.4 Å².